The topological polar surface area (TPSA) is 105 Å². The minimum Gasteiger partial charge on any atom is -0.370 e. The molecule has 0 amide bonds. The first kappa shape index (κ1) is 19.2. The number of nitrogens with zero attached hydrogens (tertiary/aromatic N) is 3. The van der Waals surface area contributed by atoms with Crippen LogP contribution in [0.15, 0.2) is 47.5 Å². The second-order valence-corrected chi connectivity index (χ2v) is 8.60. The van der Waals surface area contributed by atoms with Gasteiger partial charge in [0, 0.05) is 25.7 Å². The fourth-order valence-electron chi connectivity index (χ4n) is 3.18. The number of pyridine rings is 1. The summed E-state index contributed by atoms with van der Waals surface area (Å²) in [5.74, 6) is 0.948. The maximum atomic E-state index is 12.7. The summed E-state index contributed by atoms with van der Waals surface area (Å²) >= 11 is 0. The molecule has 2 aromatic rings. The molecular formula is C18H22N4O4S. The van der Waals surface area contributed by atoms with Crippen molar-refractivity contribution in [2.24, 2.45) is 5.92 Å². The summed E-state index contributed by atoms with van der Waals surface area (Å²) in [5.41, 5.74) is 0.686. The lowest BCUT2D eigenvalue weighted by atomic mass is 9.98. The second-order valence-electron chi connectivity index (χ2n) is 6.66. The van der Waals surface area contributed by atoms with Crippen LogP contribution in [0.2, 0.25) is 0 Å². The minimum absolute atomic E-state index is 0.0301. The van der Waals surface area contributed by atoms with Gasteiger partial charge >= 0.3 is 0 Å². The zero-order chi connectivity index (χ0) is 19.4. The van der Waals surface area contributed by atoms with E-state index in [2.05, 4.69) is 10.3 Å². The summed E-state index contributed by atoms with van der Waals surface area (Å²) in [6, 6.07) is 9.97. The quantitative estimate of drug-likeness (QED) is 0.601. The van der Waals surface area contributed by atoms with Crippen molar-refractivity contribution in [1.82, 2.24) is 9.29 Å². The number of piperidine rings is 1. The van der Waals surface area contributed by atoms with Crippen molar-refractivity contribution in [2.75, 3.05) is 25.0 Å². The summed E-state index contributed by atoms with van der Waals surface area (Å²) in [6.07, 6.45) is 2.75. The number of hydrogen-bond donors (Lipinski definition) is 1. The Kier molecular flexibility index (Phi) is 5.71. The van der Waals surface area contributed by atoms with Crippen LogP contribution in [0, 0.1) is 23.0 Å². The molecule has 144 valence electrons. The molecule has 1 aliphatic rings. The van der Waals surface area contributed by atoms with Gasteiger partial charge < -0.3 is 5.32 Å². The molecule has 1 saturated heterocycles. The van der Waals surface area contributed by atoms with Crippen LogP contribution in [-0.2, 0) is 10.0 Å². The molecular weight excluding hydrogens is 368 g/mol. The van der Waals surface area contributed by atoms with Gasteiger partial charge in [0.1, 0.15) is 12.0 Å². The van der Waals surface area contributed by atoms with Crippen LogP contribution in [0.25, 0.3) is 0 Å². The van der Waals surface area contributed by atoms with Crippen LogP contribution >= 0.6 is 0 Å². The average molecular weight is 390 g/mol. The first-order valence-electron chi connectivity index (χ1n) is 8.78. The first-order valence-corrected chi connectivity index (χ1v) is 10.2. The number of sulfonamides is 1. The van der Waals surface area contributed by atoms with E-state index >= 15 is 0 Å². The van der Waals surface area contributed by atoms with Crippen LogP contribution < -0.4 is 5.32 Å². The van der Waals surface area contributed by atoms with E-state index in [1.54, 1.807) is 37.3 Å². The molecule has 8 nitrogen and oxygen atoms in total. The fourth-order valence-corrected chi connectivity index (χ4v) is 4.67. The molecule has 0 spiro atoms. The molecule has 0 saturated carbocycles. The Morgan fingerprint density at radius 1 is 1.26 bits per heavy atom. The lowest BCUT2D eigenvalue weighted by Crippen LogP contribution is -2.39. The second kappa shape index (κ2) is 8.01. The van der Waals surface area contributed by atoms with Crippen LogP contribution in [-0.4, -0.2) is 42.3 Å². The highest BCUT2D eigenvalue weighted by Gasteiger charge is 2.29. The van der Waals surface area contributed by atoms with E-state index in [0.717, 1.165) is 12.8 Å². The van der Waals surface area contributed by atoms with Gasteiger partial charge in [-0.25, -0.2) is 13.4 Å². The molecule has 9 heteroatoms. The van der Waals surface area contributed by atoms with Crippen LogP contribution in [0.1, 0.15) is 18.4 Å². The smallest absolute Gasteiger partial charge is 0.287 e. The van der Waals surface area contributed by atoms with Gasteiger partial charge in [-0.05, 0) is 43.4 Å². The van der Waals surface area contributed by atoms with Crippen molar-refractivity contribution in [3.8, 4) is 0 Å². The summed E-state index contributed by atoms with van der Waals surface area (Å²) in [7, 11) is -3.44. The maximum Gasteiger partial charge on any atom is 0.287 e. The minimum atomic E-state index is -3.44. The Bertz CT molecular complexity index is 910. The van der Waals surface area contributed by atoms with Gasteiger partial charge in [-0.15, -0.1) is 0 Å². The number of nitro groups is 1. The predicted octanol–water partition coefficient (Wildman–Crippen LogP) is 2.81. The molecule has 1 N–H and O–H groups in total. The molecule has 0 atom stereocenters. The Balaban J connectivity index is 1.55. The number of anilines is 1. The van der Waals surface area contributed by atoms with E-state index in [4.69, 9.17) is 0 Å². The van der Waals surface area contributed by atoms with Crippen LogP contribution in [0.5, 0.6) is 0 Å². The predicted molar refractivity (Wildman–Crippen MR) is 102 cm³/mol. The lowest BCUT2D eigenvalue weighted by Gasteiger charge is -2.31. The Hall–Kier alpha value is -2.52. The van der Waals surface area contributed by atoms with Crippen LogP contribution in [0.3, 0.4) is 0 Å². The highest BCUT2D eigenvalue weighted by molar-refractivity contribution is 7.89. The van der Waals surface area contributed by atoms with Gasteiger partial charge in [0.25, 0.3) is 5.69 Å². The largest absolute Gasteiger partial charge is 0.370 e. The third-order valence-electron chi connectivity index (χ3n) is 4.79. The summed E-state index contributed by atoms with van der Waals surface area (Å²) in [6.45, 7) is 3.40. The van der Waals surface area contributed by atoms with Gasteiger partial charge in [-0.3, -0.25) is 10.1 Å². The van der Waals surface area contributed by atoms with Crippen molar-refractivity contribution in [3.05, 3.63) is 58.3 Å². The number of aryl methyl sites for hydroxylation is 1. The number of hydrogen-bond acceptors (Lipinski definition) is 6. The van der Waals surface area contributed by atoms with E-state index in [1.165, 1.54) is 16.6 Å². The number of aromatic nitrogens is 1. The molecule has 27 heavy (non-hydrogen) atoms. The van der Waals surface area contributed by atoms with E-state index in [0.29, 0.717) is 41.8 Å². The number of rotatable bonds is 6. The standard InChI is InChI=1S/C18H22N4O4S/c1-14-11-16(22(23)24)13-20-18(14)19-12-15-7-9-21(10-8-15)27(25,26)17-5-3-2-4-6-17/h2-6,11,13,15H,7-10,12H2,1H3,(H,19,20). The van der Waals surface area contributed by atoms with Gasteiger partial charge in [-0.1, -0.05) is 18.2 Å². The third-order valence-corrected chi connectivity index (χ3v) is 6.70. The molecule has 1 aromatic carbocycles. The van der Waals surface area contributed by atoms with Crippen molar-refractivity contribution in [3.63, 3.8) is 0 Å². The SMILES string of the molecule is Cc1cc([N+](=O)[O-])cnc1NCC1CCN(S(=O)(=O)c2ccccc2)CC1. The number of benzene rings is 1. The Labute approximate surface area is 158 Å². The van der Waals surface area contributed by atoms with Crippen molar-refractivity contribution in [2.45, 2.75) is 24.7 Å². The monoisotopic (exact) mass is 390 g/mol. The molecule has 0 unspecified atom stereocenters. The zero-order valence-electron chi connectivity index (χ0n) is 15.0. The van der Waals surface area contributed by atoms with Crippen LogP contribution in [0.4, 0.5) is 11.5 Å². The van der Waals surface area contributed by atoms with E-state index in [1.807, 2.05) is 0 Å². The van der Waals surface area contributed by atoms with Crippen molar-refractivity contribution < 1.29 is 13.3 Å². The summed E-state index contributed by atoms with van der Waals surface area (Å²) in [5, 5.41) is 14.0. The molecule has 1 aliphatic heterocycles. The molecule has 1 aromatic heterocycles. The first-order chi connectivity index (χ1) is 12.9. The third kappa shape index (κ3) is 4.42. The maximum absolute atomic E-state index is 12.7. The Morgan fingerprint density at radius 3 is 2.52 bits per heavy atom. The highest BCUT2D eigenvalue weighted by Crippen LogP contribution is 2.25. The average Bonchev–Trinajstić information content (AvgIpc) is 2.68. The van der Waals surface area contributed by atoms with Gasteiger partial charge in [0.15, 0.2) is 0 Å². The van der Waals surface area contributed by atoms with Gasteiger partial charge in [0.05, 0.1) is 9.82 Å². The zero-order valence-corrected chi connectivity index (χ0v) is 15.9. The molecule has 1 fully saturated rings. The van der Waals surface area contributed by atoms with Gasteiger partial charge in [-0.2, -0.15) is 4.31 Å². The fraction of sp³-hybridized carbons (Fsp3) is 0.389. The summed E-state index contributed by atoms with van der Waals surface area (Å²) in [4.78, 5) is 14.8. The lowest BCUT2D eigenvalue weighted by molar-refractivity contribution is -0.385. The molecule has 0 radical (unpaired) electrons. The van der Waals surface area contributed by atoms with Gasteiger partial charge in [0.2, 0.25) is 10.0 Å². The van der Waals surface area contributed by atoms with E-state index < -0.39 is 14.9 Å². The van der Waals surface area contributed by atoms with E-state index in [-0.39, 0.29) is 5.69 Å². The molecule has 2 heterocycles. The summed E-state index contributed by atoms with van der Waals surface area (Å²) < 4.78 is 26.8. The molecule has 3 rings (SSSR count). The molecule has 0 aliphatic carbocycles. The van der Waals surface area contributed by atoms with E-state index in [9.17, 15) is 18.5 Å². The Morgan fingerprint density at radius 2 is 1.93 bits per heavy atom. The molecule has 0 bridgehead atoms. The highest BCUT2D eigenvalue weighted by atomic mass is 32.2. The van der Waals surface area contributed by atoms with Crippen molar-refractivity contribution >= 4 is 21.5 Å². The van der Waals surface area contributed by atoms with Crippen molar-refractivity contribution in [1.29, 1.82) is 0 Å². The normalized spacial score (nSPS) is 16.2. The number of nitrogens with one attached hydrogen (secondary N) is 1.